The normalized spacial score (nSPS) is 40.8. The summed E-state index contributed by atoms with van der Waals surface area (Å²) in [6.45, 7) is 8.81. The topological polar surface area (TPSA) is 21.3 Å². The molecule has 1 saturated carbocycles. The van der Waals surface area contributed by atoms with E-state index in [0.29, 0.717) is 6.10 Å². The first kappa shape index (κ1) is 8.52. The molecule has 0 aromatic rings. The van der Waals surface area contributed by atoms with Crippen LogP contribution in [-0.4, -0.2) is 24.8 Å². The van der Waals surface area contributed by atoms with E-state index in [1.807, 2.05) is 0 Å². The Labute approximate surface area is 74.7 Å². The van der Waals surface area contributed by atoms with E-state index in [4.69, 9.17) is 4.74 Å². The van der Waals surface area contributed by atoms with E-state index in [-0.39, 0.29) is 5.60 Å². The van der Waals surface area contributed by atoms with Crippen LogP contribution in [0.4, 0.5) is 0 Å². The molecular weight excluding hydrogens is 150 g/mol. The molecule has 1 aliphatic carbocycles. The molecule has 2 fully saturated rings. The van der Waals surface area contributed by atoms with Gasteiger partial charge in [-0.3, -0.25) is 0 Å². The van der Waals surface area contributed by atoms with Gasteiger partial charge in [0.1, 0.15) is 0 Å². The van der Waals surface area contributed by atoms with Crippen LogP contribution in [0.1, 0.15) is 27.2 Å². The van der Waals surface area contributed by atoms with Gasteiger partial charge in [-0.25, -0.2) is 0 Å². The maximum atomic E-state index is 5.95. The molecule has 2 aliphatic rings. The highest BCUT2D eigenvalue weighted by molar-refractivity contribution is 4.97. The fourth-order valence-electron chi connectivity index (χ4n) is 2.31. The number of ether oxygens (including phenoxy) is 1. The van der Waals surface area contributed by atoms with Gasteiger partial charge in [0.2, 0.25) is 0 Å². The zero-order chi connectivity index (χ0) is 8.77. The molecule has 1 aliphatic heterocycles. The largest absolute Gasteiger partial charge is 0.372 e. The van der Waals surface area contributed by atoms with Crippen LogP contribution in [0.2, 0.25) is 0 Å². The summed E-state index contributed by atoms with van der Waals surface area (Å²) in [6, 6.07) is 0. The van der Waals surface area contributed by atoms with Gasteiger partial charge in [-0.2, -0.15) is 0 Å². The highest BCUT2D eigenvalue weighted by Crippen LogP contribution is 2.40. The van der Waals surface area contributed by atoms with Gasteiger partial charge in [0.15, 0.2) is 0 Å². The van der Waals surface area contributed by atoms with E-state index >= 15 is 0 Å². The van der Waals surface area contributed by atoms with Crippen molar-refractivity contribution < 1.29 is 4.74 Å². The Morgan fingerprint density at radius 2 is 2.00 bits per heavy atom. The molecule has 0 radical (unpaired) electrons. The summed E-state index contributed by atoms with van der Waals surface area (Å²) in [5, 5.41) is 3.42. The maximum Gasteiger partial charge on any atom is 0.0628 e. The zero-order valence-corrected chi connectivity index (χ0v) is 8.26. The number of fused-ring (bicyclic) bond motifs is 1. The van der Waals surface area contributed by atoms with Crippen LogP contribution >= 0.6 is 0 Å². The summed E-state index contributed by atoms with van der Waals surface area (Å²) in [6.07, 6.45) is 1.81. The Kier molecular flexibility index (Phi) is 1.92. The van der Waals surface area contributed by atoms with Gasteiger partial charge in [-0.05, 0) is 39.7 Å². The lowest BCUT2D eigenvalue weighted by atomic mass is 9.73. The molecule has 0 aromatic carbocycles. The van der Waals surface area contributed by atoms with Crippen LogP contribution in [0.15, 0.2) is 0 Å². The maximum absolute atomic E-state index is 5.95. The number of nitrogens with one attached hydrogen (secondary N) is 1. The Morgan fingerprint density at radius 3 is 2.58 bits per heavy atom. The molecule has 0 amide bonds. The van der Waals surface area contributed by atoms with E-state index < -0.39 is 0 Å². The van der Waals surface area contributed by atoms with Crippen molar-refractivity contribution in [2.24, 2.45) is 11.8 Å². The van der Waals surface area contributed by atoms with Gasteiger partial charge < -0.3 is 10.1 Å². The van der Waals surface area contributed by atoms with Crippen molar-refractivity contribution in [1.29, 1.82) is 0 Å². The predicted molar refractivity (Wildman–Crippen MR) is 49.1 cm³/mol. The van der Waals surface area contributed by atoms with Crippen molar-refractivity contribution >= 4 is 0 Å². The standard InChI is InChI=1S/C10H19NO/c1-10(2,3)12-9-4-7-5-11-6-8(7)9/h7-9,11H,4-6H2,1-3H3. The van der Waals surface area contributed by atoms with E-state index in [2.05, 4.69) is 26.1 Å². The number of rotatable bonds is 1. The zero-order valence-electron chi connectivity index (χ0n) is 8.26. The molecule has 2 rings (SSSR count). The molecule has 0 bridgehead atoms. The molecule has 2 heteroatoms. The highest BCUT2D eigenvalue weighted by atomic mass is 16.5. The lowest BCUT2D eigenvalue weighted by Gasteiger charge is -2.42. The molecule has 12 heavy (non-hydrogen) atoms. The third-order valence-corrected chi connectivity index (χ3v) is 2.91. The summed E-state index contributed by atoms with van der Waals surface area (Å²) in [5.41, 5.74) is 0.0399. The summed E-state index contributed by atoms with van der Waals surface area (Å²) in [5.74, 6) is 1.72. The van der Waals surface area contributed by atoms with E-state index in [0.717, 1.165) is 11.8 Å². The van der Waals surface area contributed by atoms with Crippen molar-refractivity contribution in [3.8, 4) is 0 Å². The highest BCUT2D eigenvalue weighted by Gasteiger charge is 2.45. The van der Waals surface area contributed by atoms with Gasteiger partial charge in [-0.1, -0.05) is 0 Å². The third-order valence-electron chi connectivity index (χ3n) is 2.91. The number of hydrogen-bond acceptors (Lipinski definition) is 2. The van der Waals surface area contributed by atoms with Crippen molar-refractivity contribution in [3.05, 3.63) is 0 Å². The van der Waals surface area contributed by atoms with Crippen molar-refractivity contribution in [2.75, 3.05) is 13.1 Å². The van der Waals surface area contributed by atoms with Crippen molar-refractivity contribution in [2.45, 2.75) is 38.9 Å². The Morgan fingerprint density at radius 1 is 1.25 bits per heavy atom. The fourth-order valence-corrected chi connectivity index (χ4v) is 2.31. The first-order chi connectivity index (χ1) is 5.56. The lowest BCUT2D eigenvalue weighted by molar-refractivity contribution is -0.136. The van der Waals surface area contributed by atoms with Crippen LogP contribution in [-0.2, 0) is 4.74 Å². The van der Waals surface area contributed by atoms with Crippen LogP contribution in [0.5, 0.6) is 0 Å². The molecule has 70 valence electrons. The predicted octanol–water partition coefficient (Wildman–Crippen LogP) is 1.41. The van der Waals surface area contributed by atoms with Crippen molar-refractivity contribution in [3.63, 3.8) is 0 Å². The lowest BCUT2D eigenvalue weighted by Crippen LogP contribution is -2.45. The van der Waals surface area contributed by atoms with Crippen LogP contribution in [0.3, 0.4) is 0 Å². The van der Waals surface area contributed by atoms with E-state index in [1.165, 1.54) is 19.5 Å². The van der Waals surface area contributed by atoms with Gasteiger partial charge in [-0.15, -0.1) is 0 Å². The Balaban J connectivity index is 1.85. The molecule has 3 atom stereocenters. The smallest absolute Gasteiger partial charge is 0.0628 e. The first-order valence-corrected chi connectivity index (χ1v) is 4.95. The monoisotopic (exact) mass is 169 g/mol. The minimum atomic E-state index is 0.0399. The van der Waals surface area contributed by atoms with Crippen LogP contribution in [0, 0.1) is 11.8 Å². The summed E-state index contributed by atoms with van der Waals surface area (Å²) in [4.78, 5) is 0. The minimum absolute atomic E-state index is 0.0399. The quantitative estimate of drug-likeness (QED) is 0.641. The second-order valence-electron chi connectivity index (χ2n) is 5.09. The first-order valence-electron chi connectivity index (χ1n) is 4.95. The molecule has 3 unspecified atom stereocenters. The SMILES string of the molecule is CC(C)(C)OC1CC2CNCC21. The van der Waals surface area contributed by atoms with Gasteiger partial charge in [0.05, 0.1) is 11.7 Å². The van der Waals surface area contributed by atoms with Gasteiger partial charge in [0, 0.05) is 12.5 Å². The van der Waals surface area contributed by atoms with Gasteiger partial charge >= 0.3 is 0 Å². The number of hydrogen-bond donors (Lipinski definition) is 1. The Hall–Kier alpha value is -0.0800. The Bertz CT molecular complexity index is 173. The fraction of sp³-hybridized carbons (Fsp3) is 1.00. The molecule has 0 spiro atoms. The molecule has 1 saturated heterocycles. The molecule has 2 nitrogen and oxygen atoms in total. The molecular formula is C10H19NO. The average molecular weight is 169 g/mol. The van der Waals surface area contributed by atoms with E-state index in [1.54, 1.807) is 0 Å². The van der Waals surface area contributed by atoms with E-state index in [9.17, 15) is 0 Å². The summed E-state index contributed by atoms with van der Waals surface area (Å²) in [7, 11) is 0. The second-order valence-corrected chi connectivity index (χ2v) is 5.09. The molecule has 1 N–H and O–H groups in total. The second kappa shape index (κ2) is 2.71. The third kappa shape index (κ3) is 1.50. The van der Waals surface area contributed by atoms with Crippen LogP contribution in [0.25, 0.3) is 0 Å². The van der Waals surface area contributed by atoms with Crippen molar-refractivity contribution in [1.82, 2.24) is 5.32 Å². The van der Waals surface area contributed by atoms with Crippen LogP contribution < -0.4 is 5.32 Å². The molecule has 0 aromatic heterocycles. The summed E-state index contributed by atoms with van der Waals surface area (Å²) < 4.78 is 5.95. The molecule has 1 heterocycles. The average Bonchev–Trinajstić information content (AvgIpc) is 2.24. The summed E-state index contributed by atoms with van der Waals surface area (Å²) >= 11 is 0. The van der Waals surface area contributed by atoms with Gasteiger partial charge in [0.25, 0.3) is 0 Å². The minimum Gasteiger partial charge on any atom is -0.372 e.